The minimum atomic E-state index is -0.535. The maximum absolute atomic E-state index is 13.4. The molecule has 1 saturated heterocycles. The SMILES string of the molecule is CCCCC1CCCCN1CCCC1c2ccc(C(N)=O)cc2C(=O)N1Cc1ccc(F)cc1. The van der Waals surface area contributed by atoms with Gasteiger partial charge < -0.3 is 15.5 Å². The van der Waals surface area contributed by atoms with E-state index in [4.69, 9.17) is 5.73 Å². The van der Waals surface area contributed by atoms with Crippen molar-refractivity contribution in [3.63, 3.8) is 0 Å². The summed E-state index contributed by atoms with van der Waals surface area (Å²) >= 11 is 0. The maximum Gasteiger partial charge on any atom is 0.255 e. The molecule has 0 spiro atoms. The van der Waals surface area contributed by atoms with E-state index in [2.05, 4.69) is 11.8 Å². The van der Waals surface area contributed by atoms with Crippen LogP contribution in [0, 0.1) is 5.82 Å². The van der Waals surface area contributed by atoms with Gasteiger partial charge in [0, 0.05) is 23.7 Å². The number of hydrogen-bond donors (Lipinski definition) is 1. The number of halogens is 1. The molecule has 5 nitrogen and oxygen atoms in total. The molecular formula is C28H36FN3O2. The Morgan fingerprint density at radius 3 is 2.62 bits per heavy atom. The van der Waals surface area contributed by atoms with Crippen LogP contribution >= 0.6 is 0 Å². The normalized spacial score (nSPS) is 20.5. The van der Waals surface area contributed by atoms with Crippen molar-refractivity contribution >= 4 is 11.8 Å². The first kappa shape index (κ1) is 24.4. The molecule has 2 aromatic carbocycles. The number of benzene rings is 2. The fourth-order valence-corrected chi connectivity index (χ4v) is 5.54. The van der Waals surface area contributed by atoms with Crippen molar-refractivity contribution < 1.29 is 14.0 Å². The minimum absolute atomic E-state index is 0.0617. The number of nitrogens with two attached hydrogens (primary N) is 1. The van der Waals surface area contributed by atoms with E-state index in [-0.39, 0.29) is 17.8 Å². The number of nitrogens with zero attached hydrogens (tertiary/aromatic N) is 2. The molecule has 2 unspecified atom stereocenters. The third-order valence-electron chi connectivity index (χ3n) is 7.39. The molecule has 0 saturated carbocycles. The Kier molecular flexibility index (Phi) is 7.99. The summed E-state index contributed by atoms with van der Waals surface area (Å²) in [5.74, 6) is -0.917. The third-order valence-corrected chi connectivity index (χ3v) is 7.39. The molecule has 2 aliphatic heterocycles. The molecule has 182 valence electrons. The highest BCUT2D eigenvalue weighted by atomic mass is 19.1. The van der Waals surface area contributed by atoms with Gasteiger partial charge in [-0.1, -0.05) is 44.4 Å². The van der Waals surface area contributed by atoms with Crippen molar-refractivity contribution in [2.75, 3.05) is 13.1 Å². The summed E-state index contributed by atoms with van der Waals surface area (Å²) in [6.45, 7) is 4.86. The molecule has 2 N–H and O–H groups in total. The molecule has 0 aliphatic carbocycles. The molecule has 1 fully saturated rings. The van der Waals surface area contributed by atoms with E-state index in [1.54, 1.807) is 24.3 Å². The lowest BCUT2D eigenvalue weighted by Crippen LogP contribution is -2.40. The Morgan fingerprint density at radius 1 is 1.09 bits per heavy atom. The predicted octanol–water partition coefficient (Wildman–Crippen LogP) is 5.45. The maximum atomic E-state index is 13.4. The highest BCUT2D eigenvalue weighted by Crippen LogP contribution is 2.38. The molecule has 6 heteroatoms. The molecule has 0 radical (unpaired) electrons. The van der Waals surface area contributed by atoms with Crippen LogP contribution in [0.2, 0.25) is 0 Å². The number of piperidine rings is 1. The Balaban J connectivity index is 1.50. The predicted molar refractivity (Wildman–Crippen MR) is 132 cm³/mol. The number of hydrogen-bond acceptors (Lipinski definition) is 3. The molecule has 2 aromatic rings. The van der Waals surface area contributed by atoms with Gasteiger partial charge in [0.25, 0.3) is 5.91 Å². The van der Waals surface area contributed by atoms with Gasteiger partial charge in [0.15, 0.2) is 0 Å². The molecule has 0 aromatic heterocycles. The first-order valence-corrected chi connectivity index (χ1v) is 12.7. The van der Waals surface area contributed by atoms with Crippen LogP contribution in [0.1, 0.15) is 96.2 Å². The van der Waals surface area contributed by atoms with Gasteiger partial charge in [-0.2, -0.15) is 0 Å². The van der Waals surface area contributed by atoms with Crippen LogP contribution in [0.25, 0.3) is 0 Å². The van der Waals surface area contributed by atoms with Crippen LogP contribution in [0.4, 0.5) is 4.39 Å². The lowest BCUT2D eigenvalue weighted by Gasteiger charge is -2.36. The number of rotatable bonds is 10. The van der Waals surface area contributed by atoms with E-state index in [1.807, 2.05) is 11.0 Å². The zero-order chi connectivity index (χ0) is 24.1. The van der Waals surface area contributed by atoms with Crippen LogP contribution in [0.15, 0.2) is 42.5 Å². The van der Waals surface area contributed by atoms with Gasteiger partial charge in [0.1, 0.15) is 5.82 Å². The molecule has 2 heterocycles. The topological polar surface area (TPSA) is 66.6 Å². The molecule has 2 amide bonds. The van der Waals surface area contributed by atoms with Crippen LogP contribution in [0.5, 0.6) is 0 Å². The fourth-order valence-electron chi connectivity index (χ4n) is 5.54. The van der Waals surface area contributed by atoms with Crippen LogP contribution in [-0.4, -0.2) is 40.7 Å². The Morgan fingerprint density at radius 2 is 1.88 bits per heavy atom. The standard InChI is InChI=1S/C28H36FN3O2/c1-2-3-7-23-8-4-5-16-31(23)17-6-9-26-24-15-12-21(27(30)33)18-25(24)28(34)32(26)19-20-10-13-22(29)14-11-20/h10-15,18,23,26H,2-9,16-17,19H2,1H3,(H2,30,33). The quantitative estimate of drug-likeness (QED) is 0.508. The van der Waals surface area contributed by atoms with Crippen LogP contribution in [-0.2, 0) is 6.54 Å². The van der Waals surface area contributed by atoms with E-state index in [0.29, 0.717) is 23.7 Å². The number of primary amides is 1. The van der Waals surface area contributed by atoms with E-state index in [1.165, 1.54) is 50.7 Å². The number of amides is 2. The number of unbranched alkanes of at least 4 members (excludes halogenated alkanes) is 1. The first-order chi connectivity index (χ1) is 16.5. The molecule has 0 bridgehead atoms. The smallest absolute Gasteiger partial charge is 0.255 e. The lowest BCUT2D eigenvalue weighted by molar-refractivity contribution is 0.0690. The van der Waals surface area contributed by atoms with Gasteiger partial charge >= 0.3 is 0 Å². The molecule has 34 heavy (non-hydrogen) atoms. The van der Waals surface area contributed by atoms with E-state index in [9.17, 15) is 14.0 Å². The number of fused-ring (bicyclic) bond motifs is 1. The molecular weight excluding hydrogens is 429 g/mol. The zero-order valence-corrected chi connectivity index (χ0v) is 20.1. The highest BCUT2D eigenvalue weighted by molar-refractivity contribution is 6.02. The largest absolute Gasteiger partial charge is 0.366 e. The third kappa shape index (κ3) is 5.49. The highest BCUT2D eigenvalue weighted by Gasteiger charge is 2.37. The van der Waals surface area contributed by atoms with E-state index in [0.717, 1.165) is 37.1 Å². The van der Waals surface area contributed by atoms with Crippen LogP contribution in [0.3, 0.4) is 0 Å². The average molecular weight is 466 g/mol. The minimum Gasteiger partial charge on any atom is -0.366 e. The van der Waals surface area contributed by atoms with E-state index >= 15 is 0 Å². The summed E-state index contributed by atoms with van der Waals surface area (Å²) in [5, 5.41) is 0. The zero-order valence-electron chi connectivity index (χ0n) is 20.1. The average Bonchev–Trinajstić information content (AvgIpc) is 3.10. The number of likely N-dealkylation sites (tertiary alicyclic amines) is 1. The summed E-state index contributed by atoms with van der Waals surface area (Å²) in [6.07, 6.45) is 9.51. The van der Waals surface area contributed by atoms with Crippen LogP contribution < -0.4 is 5.73 Å². The molecule has 4 rings (SSSR count). The Bertz CT molecular complexity index is 1010. The summed E-state index contributed by atoms with van der Waals surface area (Å²) < 4.78 is 13.4. The van der Waals surface area contributed by atoms with Crippen molar-refractivity contribution in [2.24, 2.45) is 5.73 Å². The first-order valence-electron chi connectivity index (χ1n) is 12.7. The lowest BCUT2D eigenvalue weighted by atomic mass is 9.95. The van der Waals surface area contributed by atoms with E-state index < -0.39 is 5.91 Å². The Hall–Kier alpha value is -2.73. The van der Waals surface area contributed by atoms with Crippen molar-refractivity contribution in [2.45, 2.75) is 76.9 Å². The van der Waals surface area contributed by atoms with Gasteiger partial charge in [-0.05, 0) is 80.6 Å². The second kappa shape index (κ2) is 11.1. The van der Waals surface area contributed by atoms with Gasteiger partial charge in [0.05, 0.1) is 6.04 Å². The second-order valence-electron chi connectivity index (χ2n) is 9.71. The van der Waals surface area contributed by atoms with Crippen molar-refractivity contribution in [3.8, 4) is 0 Å². The molecule has 2 aliphatic rings. The van der Waals surface area contributed by atoms with Gasteiger partial charge in [-0.3, -0.25) is 9.59 Å². The van der Waals surface area contributed by atoms with Gasteiger partial charge in [-0.15, -0.1) is 0 Å². The van der Waals surface area contributed by atoms with Crippen molar-refractivity contribution in [3.05, 3.63) is 70.5 Å². The summed E-state index contributed by atoms with van der Waals surface area (Å²) in [6, 6.07) is 12.2. The monoisotopic (exact) mass is 465 g/mol. The fraction of sp³-hybridized carbons (Fsp3) is 0.500. The molecule has 2 atom stereocenters. The van der Waals surface area contributed by atoms with Crippen molar-refractivity contribution in [1.82, 2.24) is 9.80 Å². The Labute approximate surface area is 202 Å². The number of carbonyl (C=O) groups is 2. The van der Waals surface area contributed by atoms with Gasteiger partial charge in [0.2, 0.25) is 5.91 Å². The summed E-state index contributed by atoms with van der Waals surface area (Å²) in [7, 11) is 0. The summed E-state index contributed by atoms with van der Waals surface area (Å²) in [5.41, 5.74) is 8.22. The second-order valence-corrected chi connectivity index (χ2v) is 9.71. The van der Waals surface area contributed by atoms with Gasteiger partial charge in [-0.25, -0.2) is 4.39 Å². The van der Waals surface area contributed by atoms with Crippen molar-refractivity contribution in [1.29, 1.82) is 0 Å². The summed E-state index contributed by atoms with van der Waals surface area (Å²) in [4.78, 5) is 29.6. The number of carbonyl (C=O) groups excluding carboxylic acids is 2.